The third-order valence-electron chi connectivity index (χ3n) is 1.90. The molecule has 1 aromatic carbocycles. The molecule has 0 radical (unpaired) electrons. The second-order valence-corrected chi connectivity index (χ2v) is 3.21. The zero-order valence-electron chi connectivity index (χ0n) is 8.14. The van der Waals surface area contributed by atoms with Gasteiger partial charge < -0.3 is 11.1 Å². The molecule has 70 valence electrons. The Morgan fingerprint density at radius 2 is 2.00 bits per heavy atom. The van der Waals surface area contributed by atoms with E-state index >= 15 is 0 Å². The molecule has 1 aromatic rings. The van der Waals surface area contributed by atoms with E-state index in [0.29, 0.717) is 5.69 Å². The predicted molar refractivity (Wildman–Crippen MR) is 54.6 cm³/mol. The normalized spacial score (nSPS) is 9.77. The molecule has 0 atom stereocenters. The van der Waals surface area contributed by atoms with Crippen LogP contribution in [-0.4, -0.2) is 5.91 Å². The highest BCUT2D eigenvalue weighted by molar-refractivity contribution is 5.90. The van der Waals surface area contributed by atoms with Crippen molar-refractivity contribution in [2.75, 3.05) is 11.1 Å². The number of hydrogen-bond acceptors (Lipinski definition) is 2. The van der Waals surface area contributed by atoms with Crippen LogP contribution in [-0.2, 0) is 4.79 Å². The van der Waals surface area contributed by atoms with Crippen LogP contribution >= 0.6 is 0 Å². The summed E-state index contributed by atoms with van der Waals surface area (Å²) >= 11 is 0. The standard InChI is InChI=1S/C10H14N2O/c1-6-4-9(11)7(2)10(5-6)12-8(3)13/h4-5H,11H2,1-3H3,(H,12,13). The Morgan fingerprint density at radius 1 is 1.38 bits per heavy atom. The molecule has 0 bridgehead atoms. The van der Waals surface area contributed by atoms with Crippen molar-refractivity contribution in [2.24, 2.45) is 0 Å². The van der Waals surface area contributed by atoms with Crippen LogP contribution in [0.1, 0.15) is 18.1 Å². The number of rotatable bonds is 1. The first-order valence-corrected chi connectivity index (χ1v) is 4.15. The summed E-state index contributed by atoms with van der Waals surface area (Å²) in [6.07, 6.45) is 0. The minimum absolute atomic E-state index is 0.0758. The average molecular weight is 178 g/mol. The second kappa shape index (κ2) is 3.47. The number of amides is 1. The Balaban J connectivity index is 3.12. The van der Waals surface area contributed by atoms with Gasteiger partial charge in [-0.25, -0.2) is 0 Å². The topological polar surface area (TPSA) is 55.1 Å². The fraction of sp³-hybridized carbons (Fsp3) is 0.300. The smallest absolute Gasteiger partial charge is 0.221 e. The van der Waals surface area contributed by atoms with Crippen molar-refractivity contribution in [1.29, 1.82) is 0 Å². The van der Waals surface area contributed by atoms with Gasteiger partial charge in [0.25, 0.3) is 0 Å². The van der Waals surface area contributed by atoms with E-state index in [2.05, 4.69) is 5.32 Å². The number of carbonyl (C=O) groups excluding carboxylic acids is 1. The number of hydrogen-bond donors (Lipinski definition) is 2. The van der Waals surface area contributed by atoms with Gasteiger partial charge in [0.1, 0.15) is 0 Å². The molecule has 3 N–H and O–H groups in total. The van der Waals surface area contributed by atoms with E-state index in [1.807, 2.05) is 26.0 Å². The van der Waals surface area contributed by atoms with Crippen LogP contribution in [0.15, 0.2) is 12.1 Å². The van der Waals surface area contributed by atoms with Crippen molar-refractivity contribution < 1.29 is 4.79 Å². The first-order chi connectivity index (χ1) is 6.00. The van der Waals surface area contributed by atoms with E-state index in [1.165, 1.54) is 6.92 Å². The fourth-order valence-electron chi connectivity index (χ4n) is 1.21. The maximum Gasteiger partial charge on any atom is 0.221 e. The van der Waals surface area contributed by atoms with Crippen LogP contribution in [0.3, 0.4) is 0 Å². The highest BCUT2D eigenvalue weighted by Crippen LogP contribution is 2.22. The van der Waals surface area contributed by atoms with E-state index in [0.717, 1.165) is 16.8 Å². The van der Waals surface area contributed by atoms with Gasteiger partial charge >= 0.3 is 0 Å². The lowest BCUT2D eigenvalue weighted by Crippen LogP contribution is -2.08. The van der Waals surface area contributed by atoms with E-state index in [9.17, 15) is 4.79 Å². The van der Waals surface area contributed by atoms with Crippen molar-refractivity contribution in [2.45, 2.75) is 20.8 Å². The molecule has 0 aromatic heterocycles. The number of carbonyl (C=O) groups is 1. The van der Waals surface area contributed by atoms with Crippen molar-refractivity contribution >= 4 is 17.3 Å². The molecule has 1 rings (SSSR count). The summed E-state index contributed by atoms with van der Waals surface area (Å²) in [6.45, 7) is 5.32. The first-order valence-electron chi connectivity index (χ1n) is 4.15. The number of nitrogens with one attached hydrogen (secondary N) is 1. The van der Waals surface area contributed by atoms with Crippen molar-refractivity contribution in [3.63, 3.8) is 0 Å². The number of anilines is 2. The van der Waals surface area contributed by atoms with Crippen molar-refractivity contribution in [1.82, 2.24) is 0 Å². The second-order valence-electron chi connectivity index (χ2n) is 3.21. The minimum atomic E-state index is -0.0758. The number of benzene rings is 1. The highest BCUT2D eigenvalue weighted by atomic mass is 16.1. The molecule has 0 spiro atoms. The van der Waals surface area contributed by atoms with Crippen LogP contribution < -0.4 is 11.1 Å². The molecular weight excluding hydrogens is 164 g/mol. The van der Waals surface area contributed by atoms with Crippen LogP contribution in [0.5, 0.6) is 0 Å². The maximum atomic E-state index is 10.8. The zero-order valence-corrected chi connectivity index (χ0v) is 8.14. The third-order valence-corrected chi connectivity index (χ3v) is 1.90. The van der Waals surface area contributed by atoms with Crippen molar-refractivity contribution in [3.8, 4) is 0 Å². The summed E-state index contributed by atoms with van der Waals surface area (Å²) in [5, 5.41) is 2.74. The lowest BCUT2D eigenvalue weighted by Gasteiger charge is -2.09. The molecular formula is C10H14N2O. The fourth-order valence-corrected chi connectivity index (χ4v) is 1.21. The summed E-state index contributed by atoms with van der Waals surface area (Å²) in [5.74, 6) is -0.0758. The average Bonchev–Trinajstić information content (AvgIpc) is 1.98. The molecule has 0 aliphatic carbocycles. The van der Waals surface area contributed by atoms with E-state index in [4.69, 9.17) is 5.73 Å². The van der Waals surface area contributed by atoms with Gasteiger partial charge in [-0.1, -0.05) is 0 Å². The van der Waals surface area contributed by atoms with Crippen LogP contribution in [0.25, 0.3) is 0 Å². The van der Waals surface area contributed by atoms with Crippen LogP contribution in [0.4, 0.5) is 11.4 Å². The largest absolute Gasteiger partial charge is 0.398 e. The molecule has 0 fully saturated rings. The number of aryl methyl sites for hydroxylation is 1. The van der Waals surface area contributed by atoms with Gasteiger partial charge in [0.05, 0.1) is 0 Å². The number of nitrogens with two attached hydrogens (primary N) is 1. The van der Waals surface area contributed by atoms with Gasteiger partial charge in [-0.3, -0.25) is 4.79 Å². The Bertz CT molecular complexity index is 345. The van der Waals surface area contributed by atoms with Crippen LogP contribution in [0.2, 0.25) is 0 Å². The molecule has 0 unspecified atom stereocenters. The Kier molecular flexibility index (Phi) is 2.56. The SMILES string of the molecule is CC(=O)Nc1cc(C)cc(N)c1C. The lowest BCUT2D eigenvalue weighted by atomic mass is 10.1. The van der Waals surface area contributed by atoms with Gasteiger partial charge in [-0.05, 0) is 37.1 Å². The summed E-state index contributed by atoms with van der Waals surface area (Å²) in [5.41, 5.74) is 9.22. The number of nitrogen functional groups attached to an aromatic ring is 1. The van der Waals surface area contributed by atoms with Gasteiger partial charge in [0.2, 0.25) is 5.91 Å². The third kappa shape index (κ3) is 2.21. The summed E-state index contributed by atoms with van der Waals surface area (Å²) < 4.78 is 0. The van der Waals surface area contributed by atoms with Crippen LogP contribution in [0, 0.1) is 13.8 Å². The van der Waals surface area contributed by atoms with Gasteiger partial charge in [-0.2, -0.15) is 0 Å². The first kappa shape index (κ1) is 9.58. The van der Waals surface area contributed by atoms with E-state index in [1.54, 1.807) is 0 Å². The van der Waals surface area contributed by atoms with E-state index in [-0.39, 0.29) is 5.91 Å². The molecule has 13 heavy (non-hydrogen) atoms. The Morgan fingerprint density at radius 3 is 2.54 bits per heavy atom. The molecule has 0 aliphatic heterocycles. The Labute approximate surface area is 77.9 Å². The molecule has 0 saturated heterocycles. The van der Waals surface area contributed by atoms with Gasteiger partial charge in [-0.15, -0.1) is 0 Å². The summed E-state index contributed by atoms with van der Waals surface area (Å²) in [6, 6.07) is 3.80. The minimum Gasteiger partial charge on any atom is -0.398 e. The summed E-state index contributed by atoms with van der Waals surface area (Å²) in [4.78, 5) is 10.8. The molecule has 1 amide bonds. The molecule has 0 heterocycles. The highest BCUT2D eigenvalue weighted by Gasteiger charge is 2.03. The molecule has 3 nitrogen and oxygen atoms in total. The maximum absolute atomic E-state index is 10.8. The zero-order chi connectivity index (χ0) is 10.0. The quantitative estimate of drug-likeness (QED) is 0.645. The Hall–Kier alpha value is -1.51. The molecule has 0 aliphatic rings. The monoisotopic (exact) mass is 178 g/mol. The molecule has 3 heteroatoms. The molecule has 0 saturated carbocycles. The van der Waals surface area contributed by atoms with E-state index < -0.39 is 0 Å². The van der Waals surface area contributed by atoms with Gasteiger partial charge in [0, 0.05) is 18.3 Å². The predicted octanol–water partition coefficient (Wildman–Crippen LogP) is 1.84. The van der Waals surface area contributed by atoms with Gasteiger partial charge in [0.15, 0.2) is 0 Å². The van der Waals surface area contributed by atoms with Crippen molar-refractivity contribution in [3.05, 3.63) is 23.3 Å². The summed E-state index contributed by atoms with van der Waals surface area (Å²) in [7, 11) is 0. The lowest BCUT2D eigenvalue weighted by molar-refractivity contribution is -0.114.